The first-order valence-corrected chi connectivity index (χ1v) is 5.95. The molecule has 0 aliphatic carbocycles. The third-order valence-electron chi connectivity index (χ3n) is 2.90. The van der Waals surface area contributed by atoms with Crippen LogP contribution in [0.25, 0.3) is 0 Å². The molecular formula is C11H15BrN2O. The third-order valence-corrected chi connectivity index (χ3v) is 3.34. The fraction of sp³-hybridized carbons (Fsp3) is 0.545. The summed E-state index contributed by atoms with van der Waals surface area (Å²) in [5, 5.41) is 0. The highest BCUT2D eigenvalue weighted by Gasteiger charge is 2.28. The van der Waals surface area contributed by atoms with E-state index in [0.29, 0.717) is 6.04 Å². The summed E-state index contributed by atoms with van der Waals surface area (Å²) >= 11 is 3.39. The lowest BCUT2D eigenvalue weighted by Gasteiger charge is -2.27. The molecule has 2 unspecified atom stereocenters. The Morgan fingerprint density at radius 2 is 2.33 bits per heavy atom. The van der Waals surface area contributed by atoms with Crippen LogP contribution in [0.3, 0.4) is 0 Å². The normalized spacial score (nSPS) is 25.5. The lowest BCUT2D eigenvalue weighted by Crippen LogP contribution is -2.37. The summed E-state index contributed by atoms with van der Waals surface area (Å²) in [5.41, 5.74) is 0. The minimum absolute atomic E-state index is 0.288. The number of nitrogens with zero attached hydrogens (tertiary/aromatic N) is 2. The first kappa shape index (κ1) is 10.9. The molecule has 0 amide bonds. The maximum atomic E-state index is 5.56. The molecule has 0 aromatic carbocycles. The molecule has 1 aliphatic rings. The minimum atomic E-state index is 0.288. The van der Waals surface area contributed by atoms with E-state index in [4.69, 9.17) is 4.74 Å². The lowest BCUT2D eigenvalue weighted by atomic mass is 10.1. The van der Waals surface area contributed by atoms with Gasteiger partial charge in [0, 0.05) is 13.7 Å². The van der Waals surface area contributed by atoms with Gasteiger partial charge in [-0.3, -0.25) is 0 Å². The molecule has 2 heterocycles. The molecule has 3 nitrogen and oxygen atoms in total. The quantitative estimate of drug-likeness (QED) is 0.773. The number of hydrogen-bond acceptors (Lipinski definition) is 3. The Morgan fingerprint density at radius 1 is 1.53 bits per heavy atom. The maximum Gasteiger partial charge on any atom is 0.129 e. The van der Waals surface area contributed by atoms with Crippen molar-refractivity contribution in [3.05, 3.63) is 22.8 Å². The van der Waals surface area contributed by atoms with Crippen LogP contribution in [0.2, 0.25) is 0 Å². The molecule has 4 heteroatoms. The van der Waals surface area contributed by atoms with E-state index in [-0.39, 0.29) is 6.10 Å². The third kappa shape index (κ3) is 2.32. The van der Waals surface area contributed by atoms with Crippen LogP contribution < -0.4 is 4.90 Å². The lowest BCUT2D eigenvalue weighted by molar-refractivity contribution is 0.118. The summed E-state index contributed by atoms with van der Waals surface area (Å²) in [6.45, 7) is 2.97. The second-order valence-electron chi connectivity index (χ2n) is 3.86. The summed E-state index contributed by atoms with van der Waals surface area (Å²) in [6.07, 6.45) is 1.36. The topological polar surface area (TPSA) is 25.4 Å². The minimum Gasteiger partial charge on any atom is -0.376 e. The van der Waals surface area contributed by atoms with Crippen LogP contribution in [0, 0.1) is 0 Å². The molecule has 15 heavy (non-hydrogen) atoms. The van der Waals surface area contributed by atoms with Crippen molar-refractivity contribution in [3.63, 3.8) is 0 Å². The molecule has 1 aromatic heterocycles. The Kier molecular flexibility index (Phi) is 3.26. The zero-order valence-corrected chi connectivity index (χ0v) is 10.6. The number of likely N-dealkylation sites (N-methyl/N-ethyl adjacent to an activating group) is 1. The first-order valence-electron chi connectivity index (χ1n) is 5.15. The van der Waals surface area contributed by atoms with Gasteiger partial charge in [-0.15, -0.1) is 0 Å². The van der Waals surface area contributed by atoms with Gasteiger partial charge >= 0.3 is 0 Å². The Balaban J connectivity index is 2.16. The monoisotopic (exact) mass is 270 g/mol. The Morgan fingerprint density at radius 3 is 2.93 bits per heavy atom. The van der Waals surface area contributed by atoms with E-state index in [1.165, 1.54) is 0 Å². The van der Waals surface area contributed by atoms with Crippen molar-refractivity contribution in [2.75, 3.05) is 18.6 Å². The molecule has 0 spiro atoms. The summed E-state index contributed by atoms with van der Waals surface area (Å²) in [6, 6.07) is 6.40. The van der Waals surface area contributed by atoms with Gasteiger partial charge < -0.3 is 9.64 Å². The van der Waals surface area contributed by atoms with Crippen LogP contribution in [-0.2, 0) is 4.74 Å². The fourth-order valence-electron chi connectivity index (χ4n) is 1.99. The summed E-state index contributed by atoms with van der Waals surface area (Å²) in [5.74, 6) is 0.992. The highest BCUT2D eigenvalue weighted by molar-refractivity contribution is 9.10. The molecule has 0 radical (unpaired) electrons. The van der Waals surface area contributed by atoms with Gasteiger partial charge in [-0.2, -0.15) is 0 Å². The van der Waals surface area contributed by atoms with Crippen LogP contribution in [0.1, 0.15) is 13.3 Å². The van der Waals surface area contributed by atoms with Crippen LogP contribution >= 0.6 is 15.9 Å². The van der Waals surface area contributed by atoms with Gasteiger partial charge in [0.05, 0.1) is 12.1 Å². The van der Waals surface area contributed by atoms with Crippen LogP contribution in [0.5, 0.6) is 0 Å². The average Bonchev–Trinajstić information content (AvgIpc) is 2.63. The SMILES string of the molecule is CC1OCCC1N(C)c1cccc(Br)n1. The highest BCUT2D eigenvalue weighted by Crippen LogP contribution is 2.23. The van der Waals surface area contributed by atoms with E-state index in [9.17, 15) is 0 Å². The van der Waals surface area contributed by atoms with Crippen LogP contribution in [0.15, 0.2) is 22.8 Å². The van der Waals surface area contributed by atoms with Crippen molar-refractivity contribution < 1.29 is 4.74 Å². The van der Waals surface area contributed by atoms with Gasteiger partial charge in [-0.05, 0) is 41.4 Å². The predicted molar refractivity (Wildman–Crippen MR) is 64.2 cm³/mol. The summed E-state index contributed by atoms with van der Waals surface area (Å²) in [7, 11) is 2.07. The second-order valence-corrected chi connectivity index (χ2v) is 4.67. The van der Waals surface area contributed by atoms with E-state index >= 15 is 0 Å². The Hall–Kier alpha value is -0.610. The van der Waals surface area contributed by atoms with E-state index in [1.807, 2.05) is 18.2 Å². The van der Waals surface area contributed by atoms with Gasteiger partial charge in [-0.1, -0.05) is 6.07 Å². The summed E-state index contributed by atoms with van der Waals surface area (Å²) in [4.78, 5) is 6.64. The number of halogens is 1. The largest absolute Gasteiger partial charge is 0.376 e. The predicted octanol–water partition coefficient (Wildman–Crippen LogP) is 2.46. The molecule has 82 valence electrons. The number of anilines is 1. The van der Waals surface area contributed by atoms with Gasteiger partial charge in [0.1, 0.15) is 10.4 Å². The summed E-state index contributed by atoms with van der Waals surface area (Å²) < 4.78 is 6.43. The zero-order chi connectivity index (χ0) is 10.8. The van der Waals surface area contributed by atoms with Gasteiger partial charge in [0.15, 0.2) is 0 Å². The molecule has 1 saturated heterocycles. The van der Waals surface area contributed by atoms with E-state index in [0.717, 1.165) is 23.4 Å². The van der Waals surface area contributed by atoms with Crippen LogP contribution in [-0.4, -0.2) is 30.8 Å². The number of pyridine rings is 1. The van der Waals surface area contributed by atoms with Gasteiger partial charge in [0.2, 0.25) is 0 Å². The smallest absolute Gasteiger partial charge is 0.129 e. The molecule has 2 atom stereocenters. The zero-order valence-electron chi connectivity index (χ0n) is 8.98. The Bertz CT molecular complexity index is 345. The standard InChI is InChI=1S/C11H15BrN2O/c1-8-9(6-7-15-8)14(2)11-5-3-4-10(12)13-11/h3-5,8-9H,6-7H2,1-2H3. The number of hydrogen-bond donors (Lipinski definition) is 0. The fourth-order valence-corrected chi connectivity index (χ4v) is 2.33. The van der Waals surface area contributed by atoms with Crippen molar-refractivity contribution >= 4 is 21.7 Å². The van der Waals surface area contributed by atoms with Crippen molar-refractivity contribution in [2.24, 2.45) is 0 Å². The highest BCUT2D eigenvalue weighted by atomic mass is 79.9. The van der Waals surface area contributed by atoms with Gasteiger partial charge in [0.25, 0.3) is 0 Å². The van der Waals surface area contributed by atoms with Crippen molar-refractivity contribution in [1.29, 1.82) is 0 Å². The number of aromatic nitrogens is 1. The molecule has 0 bridgehead atoms. The molecule has 0 saturated carbocycles. The van der Waals surface area contributed by atoms with Crippen molar-refractivity contribution in [2.45, 2.75) is 25.5 Å². The molecule has 2 rings (SSSR count). The second kappa shape index (κ2) is 4.49. The Labute approximate surface area is 98.6 Å². The van der Waals surface area contributed by atoms with Crippen molar-refractivity contribution in [3.8, 4) is 0 Å². The molecule has 1 fully saturated rings. The number of ether oxygens (including phenoxy) is 1. The molecular weight excluding hydrogens is 256 g/mol. The van der Waals surface area contributed by atoms with E-state index < -0.39 is 0 Å². The van der Waals surface area contributed by atoms with Crippen LogP contribution in [0.4, 0.5) is 5.82 Å². The van der Waals surface area contributed by atoms with E-state index in [2.05, 4.69) is 39.8 Å². The molecule has 1 aromatic rings. The maximum absolute atomic E-state index is 5.56. The molecule has 0 N–H and O–H groups in total. The van der Waals surface area contributed by atoms with Crippen molar-refractivity contribution in [1.82, 2.24) is 4.98 Å². The first-order chi connectivity index (χ1) is 7.18. The van der Waals surface area contributed by atoms with Gasteiger partial charge in [-0.25, -0.2) is 4.98 Å². The van der Waals surface area contributed by atoms with E-state index in [1.54, 1.807) is 0 Å². The molecule has 1 aliphatic heterocycles. The average molecular weight is 271 g/mol. The number of rotatable bonds is 2.